The molecule has 1 saturated carbocycles. The number of hydrogen-bond donors (Lipinski definition) is 2. The van der Waals surface area contributed by atoms with E-state index in [1.54, 1.807) is 0 Å². The van der Waals surface area contributed by atoms with Crippen molar-refractivity contribution in [1.82, 2.24) is 0 Å². The second-order valence-corrected chi connectivity index (χ2v) is 6.35. The predicted octanol–water partition coefficient (Wildman–Crippen LogP) is 4.80. The molecular formula is C23H38N3O2Y-. The molecule has 0 aliphatic heterocycles. The smallest absolute Gasteiger partial charge is 0.308 e. The molecule has 4 N–H and O–H groups in total. The molecule has 161 valence electrons. The van der Waals surface area contributed by atoms with E-state index in [9.17, 15) is 4.79 Å². The third-order valence-electron chi connectivity index (χ3n) is 4.57. The van der Waals surface area contributed by atoms with E-state index in [0.717, 1.165) is 25.7 Å². The van der Waals surface area contributed by atoms with Gasteiger partial charge in [-0.05, 0) is 42.4 Å². The maximum atomic E-state index is 11.2. The van der Waals surface area contributed by atoms with Crippen LogP contribution in [0.15, 0.2) is 53.5 Å². The molecular weight excluding hydrogens is 439 g/mol. The number of carbonyl (C=O) groups is 1. The fourth-order valence-corrected chi connectivity index (χ4v) is 3.11. The van der Waals surface area contributed by atoms with E-state index in [1.807, 2.05) is 13.8 Å². The Labute approximate surface area is 203 Å². The number of guanidine groups is 1. The van der Waals surface area contributed by atoms with Gasteiger partial charge in [0.25, 0.3) is 0 Å². The van der Waals surface area contributed by atoms with E-state index in [2.05, 4.69) is 53.5 Å². The molecule has 0 atom stereocenters. The first-order chi connectivity index (χ1) is 13.1. The number of methoxy groups -OCH3 is 1. The average Bonchev–Trinajstić information content (AvgIpc) is 2.74. The van der Waals surface area contributed by atoms with Crippen molar-refractivity contribution in [3.63, 3.8) is 0 Å². The molecule has 0 amide bonds. The Morgan fingerprint density at radius 2 is 1.41 bits per heavy atom. The number of ether oxygens (including phenoxy) is 1. The Kier molecular flexibility index (Phi) is 17.9. The van der Waals surface area contributed by atoms with Crippen molar-refractivity contribution in [3.05, 3.63) is 56.0 Å². The number of benzene rings is 2. The van der Waals surface area contributed by atoms with Gasteiger partial charge >= 0.3 is 5.97 Å². The standard InChI is InChI=1S/C10H19N3O2.C10H8.C2H6.CH3.Y.H2/c1-15-9(14)8-4-2-7(3-5-8)6-13-10(11)12;1-2-6-10-8-4-3-7-9(10)5-1;1-2;;;/h7-8H,2-6H2,1H3,(H4,11,12,13);1-8H;1-2H3;1H3;;1H/q;;;-1;;. The minimum absolute atomic E-state index is 0. The molecule has 1 fully saturated rings. The maximum Gasteiger partial charge on any atom is 0.308 e. The summed E-state index contributed by atoms with van der Waals surface area (Å²) in [6.07, 6.45) is 3.77. The third-order valence-corrected chi connectivity index (χ3v) is 4.57. The molecule has 2 aromatic carbocycles. The van der Waals surface area contributed by atoms with Crippen molar-refractivity contribution in [2.75, 3.05) is 13.7 Å². The van der Waals surface area contributed by atoms with Crippen molar-refractivity contribution >= 4 is 22.7 Å². The van der Waals surface area contributed by atoms with Crippen LogP contribution in [-0.2, 0) is 42.2 Å². The first-order valence-electron chi connectivity index (χ1n) is 9.67. The number of nitrogens with zero attached hydrogens (tertiary/aromatic N) is 1. The van der Waals surface area contributed by atoms with Crippen molar-refractivity contribution < 1.29 is 43.7 Å². The molecule has 0 heterocycles. The molecule has 5 nitrogen and oxygen atoms in total. The second kappa shape index (κ2) is 17.4. The maximum absolute atomic E-state index is 11.2. The molecule has 1 radical (unpaired) electrons. The zero-order valence-electron chi connectivity index (χ0n) is 18.3. The zero-order valence-corrected chi connectivity index (χ0v) is 21.1. The average molecular weight is 477 g/mol. The summed E-state index contributed by atoms with van der Waals surface area (Å²) in [5.74, 6) is 0.638. The van der Waals surface area contributed by atoms with Crippen LogP contribution < -0.4 is 11.5 Å². The fraction of sp³-hybridized carbons (Fsp3) is 0.435. The van der Waals surface area contributed by atoms with E-state index < -0.39 is 0 Å². The summed E-state index contributed by atoms with van der Waals surface area (Å²) in [7, 11) is 1.44. The second-order valence-electron chi connectivity index (χ2n) is 6.35. The van der Waals surface area contributed by atoms with Crippen LogP contribution in [0.4, 0.5) is 0 Å². The quantitative estimate of drug-likeness (QED) is 0.288. The molecule has 6 heteroatoms. The normalized spacial score (nSPS) is 16.9. The first-order valence-corrected chi connectivity index (χ1v) is 9.67. The summed E-state index contributed by atoms with van der Waals surface area (Å²) < 4.78 is 4.72. The van der Waals surface area contributed by atoms with Crippen LogP contribution in [0.2, 0.25) is 0 Å². The minimum atomic E-state index is -0.0877. The van der Waals surface area contributed by atoms with Gasteiger partial charge in [-0.15, -0.1) is 0 Å². The summed E-state index contributed by atoms with van der Waals surface area (Å²) in [5, 5.41) is 2.62. The summed E-state index contributed by atoms with van der Waals surface area (Å²) in [5.41, 5.74) is 10.5. The number of hydrogen-bond acceptors (Lipinski definition) is 3. The Hall–Kier alpha value is -1.46. The van der Waals surface area contributed by atoms with Crippen molar-refractivity contribution in [2.24, 2.45) is 28.3 Å². The van der Waals surface area contributed by atoms with Gasteiger partial charge < -0.3 is 23.6 Å². The molecule has 1 aliphatic rings. The van der Waals surface area contributed by atoms with E-state index in [0.29, 0.717) is 12.5 Å². The van der Waals surface area contributed by atoms with Crippen molar-refractivity contribution in [1.29, 1.82) is 0 Å². The number of rotatable bonds is 3. The SMILES string of the molecule is CC.COC(=O)C1CCC(CN=C(N)N)CC1.[CH3-].[HH].[Y].c1ccc2ccccc2c1. The summed E-state index contributed by atoms with van der Waals surface area (Å²) >= 11 is 0. The summed E-state index contributed by atoms with van der Waals surface area (Å²) in [6.45, 7) is 4.68. The Morgan fingerprint density at radius 1 is 1.00 bits per heavy atom. The monoisotopic (exact) mass is 477 g/mol. The minimum Gasteiger partial charge on any atom is -0.469 e. The summed E-state index contributed by atoms with van der Waals surface area (Å²) in [6, 6.07) is 16.7. The predicted molar refractivity (Wildman–Crippen MR) is 122 cm³/mol. The molecule has 1 aliphatic carbocycles. The van der Waals surface area contributed by atoms with Crippen LogP contribution in [0.1, 0.15) is 41.0 Å². The van der Waals surface area contributed by atoms with Gasteiger partial charge in [0.05, 0.1) is 13.0 Å². The number of fused-ring (bicyclic) bond motifs is 1. The van der Waals surface area contributed by atoms with Crippen LogP contribution in [0, 0.1) is 19.3 Å². The molecule has 0 aromatic heterocycles. The largest absolute Gasteiger partial charge is 0.469 e. The summed E-state index contributed by atoms with van der Waals surface area (Å²) in [4.78, 5) is 15.2. The van der Waals surface area contributed by atoms with E-state index in [1.165, 1.54) is 17.9 Å². The number of aliphatic imine (C=N–C) groups is 1. The Morgan fingerprint density at radius 3 is 1.76 bits per heavy atom. The topological polar surface area (TPSA) is 90.7 Å². The van der Waals surface area contributed by atoms with Gasteiger partial charge in [-0.1, -0.05) is 62.4 Å². The van der Waals surface area contributed by atoms with Crippen molar-refractivity contribution in [2.45, 2.75) is 39.5 Å². The van der Waals surface area contributed by atoms with Gasteiger partial charge in [0.15, 0.2) is 5.96 Å². The van der Waals surface area contributed by atoms with Gasteiger partial charge in [-0.2, -0.15) is 0 Å². The van der Waals surface area contributed by atoms with E-state index in [-0.39, 0.29) is 59.4 Å². The van der Waals surface area contributed by atoms with Gasteiger partial charge in [0, 0.05) is 40.7 Å². The van der Waals surface area contributed by atoms with Crippen LogP contribution in [0.5, 0.6) is 0 Å². The first kappa shape index (κ1) is 29.7. The van der Waals surface area contributed by atoms with Gasteiger partial charge in [0.1, 0.15) is 0 Å². The zero-order chi connectivity index (χ0) is 20.1. The molecule has 29 heavy (non-hydrogen) atoms. The molecule has 3 rings (SSSR count). The molecule has 0 saturated heterocycles. The van der Waals surface area contributed by atoms with E-state index >= 15 is 0 Å². The van der Waals surface area contributed by atoms with E-state index in [4.69, 9.17) is 16.2 Å². The third kappa shape index (κ3) is 11.3. The van der Waals surface area contributed by atoms with Gasteiger partial charge in [0.2, 0.25) is 0 Å². The van der Waals surface area contributed by atoms with Crippen LogP contribution in [0.3, 0.4) is 0 Å². The van der Waals surface area contributed by atoms with Crippen LogP contribution >= 0.6 is 0 Å². The van der Waals surface area contributed by atoms with Gasteiger partial charge in [-0.3, -0.25) is 9.79 Å². The molecule has 0 spiro atoms. The van der Waals surface area contributed by atoms with Crippen LogP contribution in [-0.4, -0.2) is 25.6 Å². The van der Waals surface area contributed by atoms with Crippen molar-refractivity contribution in [3.8, 4) is 0 Å². The number of carbonyl (C=O) groups excluding carboxylic acids is 1. The molecule has 2 aromatic rings. The Bertz CT molecular complexity index is 651. The molecule has 0 bridgehead atoms. The molecule has 0 unspecified atom stereocenters. The Balaban J connectivity index is -0.000000428. The van der Waals surface area contributed by atoms with Gasteiger partial charge in [-0.25, -0.2) is 0 Å². The number of nitrogens with two attached hydrogens (primary N) is 2. The van der Waals surface area contributed by atoms with Crippen LogP contribution in [0.25, 0.3) is 10.8 Å². The fourth-order valence-electron chi connectivity index (χ4n) is 3.11. The number of esters is 1.